The third kappa shape index (κ3) is 3.47. The fourth-order valence-corrected chi connectivity index (χ4v) is 2.77. The van der Waals surface area contributed by atoms with Gasteiger partial charge in [-0.3, -0.25) is 4.79 Å². The number of rotatable bonds is 4. The molecule has 5 heteroatoms. The first-order valence-corrected chi connectivity index (χ1v) is 7.51. The first-order valence-electron chi connectivity index (χ1n) is 7.51. The lowest BCUT2D eigenvalue weighted by Gasteiger charge is -2.32. The molecule has 1 saturated heterocycles. The lowest BCUT2D eigenvalue weighted by atomic mass is 10.1. The summed E-state index contributed by atoms with van der Waals surface area (Å²) in [7, 11) is 0. The molecule has 4 nitrogen and oxygen atoms in total. The Morgan fingerprint density at radius 1 is 1.14 bits per heavy atom. The largest absolute Gasteiger partial charge is 0.484 e. The number of hydrogen-bond acceptors (Lipinski definition) is 2. The third-order valence-corrected chi connectivity index (χ3v) is 4.04. The molecule has 0 atom stereocenters. The molecule has 2 heterocycles. The standard InChI is InChI=1S/C17H19FN2O2/c18-14-3-5-16(6-4-14)22-13-17(21)20-11-7-15(8-12-20)19-9-1-2-10-19/h1-6,9-10,15H,7-8,11-13H2. The van der Waals surface area contributed by atoms with Gasteiger partial charge in [0.1, 0.15) is 11.6 Å². The van der Waals surface area contributed by atoms with Crippen molar-refractivity contribution in [2.45, 2.75) is 18.9 Å². The summed E-state index contributed by atoms with van der Waals surface area (Å²) in [6.45, 7) is 1.49. The summed E-state index contributed by atoms with van der Waals surface area (Å²) in [4.78, 5) is 14.0. The van der Waals surface area contributed by atoms with E-state index in [1.165, 1.54) is 24.3 Å². The monoisotopic (exact) mass is 302 g/mol. The van der Waals surface area contributed by atoms with Crippen LogP contribution < -0.4 is 4.74 Å². The Balaban J connectivity index is 1.46. The molecular formula is C17H19FN2O2. The molecule has 2 aromatic rings. The molecule has 1 amide bonds. The molecule has 0 spiro atoms. The molecule has 0 bridgehead atoms. The molecule has 0 aliphatic carbocycles. The number of aromatic nitrogens is 1. The van der Waals surface area contributed by atoms with E-state index in [1.807, 2.05) is 17.0 Å². The fraction of sp³-hybridized carbons (Fsp3) is 0.353. The minimum Gasteiger partial charge on any atom is -0.484 e. The first-order chi connectivity index (χ1) is 10.7. The van der Waals surface area contributed by atoms with Crippen LogP contribution in [-0.2, 0) is 4.79 Å². The van der Waals surface area contributed by atoms with Crippen LogP contribution in [-0.4, -0.2) is 35.1 Å². The van der Waals surface area contributed by atoms with Crippen molar-refractivity contribution >= 4 is 5.91 Å². The van der Waals surface area contributed by atoms with Crippen molar-refractivity contribution < 1.29 is 13.9 Å². The molecule has 1 aliphatic heterocycles. The van der Waals surface area contributed by atoms with E-state index in [1.54, 1.807) is 0 Å². The molecule has 22 heavy (non-hydrogen) atoms. The summed E-state index contributed by atoms with van der Waals surface area (Å²) in [5, 5.41) is 0. The van der Waals surface area contributed by atoms with E-state index < -0.39 is 0 Å². The Morgan fingerprint density at radius 2 is 1.77 bits per heavy atom. The average molecular weight is 302 g/mol. The van der Waals surface area contributed by atoms with Crippen LogP contribution in [0.25, 0.3) is 0 Å². The van der Waals surface area contributed by atoms with Gasteiger partial charge in [0.05, 0.1) is 0 Å². The highest BCUT2D eigenvalue weighted by Gasteiger charge is 2.23. The van der Waals surface area contributed by atoms with Crippen molar-refractivity contribution in [3.63, 3.8) is 0 Å². The Kier molecular flexibility index (Phi) is 4.42. The van der Waals surface area contributed by atoms with Crippen molar-refractivity contribution in [3.8, 4) is 5.75 Å². The number of benzene rings is 1. The smallest absolute Gasteiger partial charge is 0.260 e. The Bertz CT molecular complexity index is 602. The van der Waals surface area contributed by atoms with Gasteiger partial charge in [-0.2, -0.15) is 0 Å². The van der Waals surface area contributed by atoms with Crippen LogP contribution in [0, 0.1) is 5.82 Å². The van der Waals surface area contributed by atoms with Crippen LogP contribution in [0.4, 0.5) is 4.39 Å². The third-order valence-electron chi connectivity index (χ3n) is 4.04. The van der Waals surface area contributed by atoms with Crippen molar-refractivity contribution in [3.05, 3.63) is 54.6 Å². The predicted octanol–water partition coefficient (Wildman–Crippen LogP) is 2.87. The lowest BCUT2D eigenvalue weighted by molar-refractivity contribution is -0.134. The minimum atomic E-state index is -0.314. The average Bonchev–Trinajstić information content (AvgIpc) is 3.09. The van der Waals surface area contributed by atoms with Crippen LogP contribution in [0.2, 0.25) is 0 Å². The zero-order valence-corrected chi connectivity index (χ0v) is 12.3. The van der Waals surface area contributed by atoms with Gasteiger partial charge in [-0.1, -0.05) is 0 Å². The van der Waals surface area contributed by atoms with E-state index in [0.29, 0.717) is 11.8 Å². The molecular weight excluding hydrogens is 283 g/mol. The number of halogens is 1. The van der Waals surface area contributed by atoms with Gasteiger partial charge in [0.2, 0.25) is 0 Å². The van der Waals surface area contributed by atoms with Gasteiger partial charge in [0, 0.05) is 31.5 Å². The van der Waals surface area contributed by atoms with Crippen LogP contribution in [0.5, 0.6) is 5.75 Å². The predicted molar refractivity (Wildman–Crippen MR) is 81.2 cm³/mol. The highest BCUT2D eigenvalue weighted by Crippen LogP contribution is 2.22. The number of ether oxygens (including phenoxy) is 1. The zero-order valence-electron chi connectivity index (χ0n) is 12.3. The lowest BCUT2D eigenvalue weighted by Crippen LogP contribution is -2.41. The van der Waals surface area contributed by atoms with Gasteiger partial charge < -0.3 is 14.2 Å². The highest BCUT2D eigenvalue weighted by atomic mass is 19.1. The van der Waals surface area contributed by atoms with Crippen LogP contribution in [0.1, 0.15) is 18.9 Å². The highest BCUT2D eigenvalue weighted by molar-refractivity contribution is 5.77. The number of likely N-dealkylation sites (tertiary alicyclic amines) is 1. The molecule has 1 aromatic heterocycles. The zero-order chi connectivity index (χ0) is 15.4. The molecule has 1 aromatic carbocycles. The second-order valence-corrected chi connectivity index (χ2v) is 5.48. The van der Waals surface area contributed by atoms with Crippen molar-refractivity contribution in [2.75, 3.05) is 19.7 Å². The molecule has 0 N–H and O–H groups in total. The normalized spacial score (nSPS) is 15.8. The molecule has 0 saturated carbocycles. The first kappa shape index (κ1) is 14.6. The molecule has 1 fully saturated rings. The second-order valence-electron chi connectivity index (χ2n) is 5.48. The minimum absolute atomic E-state index is 0.000180. The number of amides is 1. The van der Waals surface area contributed by atoms with E-state index in [2.05, 4.69) is 17.0 Å². The van der Waals surface area contributed by atoms with Gasteiger partial charge in [0.15, 0.2) is 6.61 Å². The molecule has 0 unspecified atom stereocenters. The Morgan fingerprint density at radius 3 is 2.41 bits per heavy atom. The Labute approximate surface area is 129 Å². The summed E-state index contributed by atoms with van der Waals surface area (Å²) in [6.07, 6.45) is 6.05. The van der Waals surface area contributed by atoms with Gasteiger partial charge in [-0.05, 0) is 49.2 Å². The van der Waals surface area contributed by atoms with E-state index in [-0.39, 0.29) is 18.3 Å². The summed E-state index contributed by atoms with van der Waals surface area (Å²) in [6, 6.07) is 10.2. The quantitative estimate of drug-likeness (QED) is 0.870. The van der Waals surface area contributed by atoms with E-state index in [0.717, 1.165) is 25.9 Å². The van der Waals surface area contributed by atoms with Gasteiger partial charge in [-0.25, -0.2) is 4.39 Å². The summed E-state index contributed by atoms with van der Waals surface area (Å²) in [5.74, 6) is 0.179. The summed E-state index contributed by atoms with van der Waals surface area (Å²) >= 11 is 0. The number of hydrogen-bond donors (Lipinski definition) is 0. The molecule has 3 rings (SSSR count). The number of carbonyl (C=O) groups excluding carboxylic acids is 1. The van der Waals surface area contributed by atoms with Gasteiger partial charge in [-0.15, -0.1) is 0 Å². The van der Waals surface area contributed by atoms with Crippen molar-refractivity contribution in [2.24, 2.45) is 0 Å². The van der Waals surface area contributed by atoms with E-state index in [4.69, 9.17) is 4.74 Å². The Hall–Kier alpha value is -2.30. The van der Waals surface area contributed by atoms with Gasteiger partial charge in [0.25, 0.3) is 5.91 Å². The van der Waals surface area contributed by atoms with Crippen LogP contribution >= 0.6 is 0 Å². The van der Waals surface area contributed by atoms with E-state index >= 15 is 0 Å². The van der Waals surface area contributed by atoms with Crippen LogP contribution in [0.3, 0.4) is 0 Å². The second kappa shape index (κ2) is 6.64. The topological polar surface area (TPSA) is 34.5 Å². The SMILES string of the molecule is O=C(COc1ccc(F)cc1)N1CCC(n2cccc2)CC1. The number of nitrogens with zero attached hydrogens (tertiary/aromatic N) is 2. The maximum Gasteiger partial charge on any atom is 0.260 e. The van der Waals surface area contributed by atoms with Crippen LogP contribution in [0.15, 0.2) is 48.8 Å². The summed E-state index contributed by atoms with van der Waals surface area (Å²) in [5.41, 5.74) is 0. The van der Waals surface area contributed by atoms with Crippen molar-refractivity contribution in [1.82, 2.24) is 9.47 Å². The maximum atomic E-state index is 12.8. The molecule has 1 aliphatic rings. The van der Waals surface area contributed by atoms with E-state index in [9.17, 15) is 9.18 Å². The molecule has 0 radical (unpaired) electrons. The fourth-order valence-electron chi connectivity index (χ4n) is 2.77. The van der Waals surface area contributed by atoms with Gasteiger partial charge >= 0.3 is 0 Å². The maximum absolute atomic E-state index is 12.8. The van der Waals surface area contributed by atoms with Crippen molar-refractivity contribution in [1.29, 1.82) is 0 Å². The summed E-state index contributed by atoms with van der Waals surface area (Å²) < 4.78 is 20.4. The number of carbonyl (C=O) groups is 1. The molecule has 116 valence electrons. The number of piperidine rings is 1.